The molecule has 0 spiro atoms. The van der Waals surface area contributed by atoms with E-state index in [-0.39, 0.29) is 0 Å². The van der Waals surface area contributed by atoms with E-state index in [1.165, 1.54) is 11.1 Å². The van der Waals surface area contributed by atoms with Gasteiger partial charge in [0.25, 0.3) is 0 Å². The lowest BCUT2D eigenvalue weighted by Gasteiger charge is -2.11. The molecule has 0 saturated heterocycles. The van der Waals surface area contributed by atoms with Crippen LogP contribution in [-0.2, 0) is 0 Å². The van der Waals surface area contributed by atoms with Crippen molar-refractivity contribution >= 4 is 39.8 Å². The van der Waals surface area contributed by atoms with Crippen LogP contribution >= 0.6 is 12.2 Å². The highest BCUT2D eigenvalue weighted by Crippen LogP contribution is 2.20. The average Bonchev–Trinajstić information content (AvgIpc) is 2.76. The van der Waals surface area contributed by atoms with Crippen LogP contribution in [0.3, 0.4) is 0 Å². The van der Waals surface area contributed by atoms with Gasteiger partial charge in [-0.3, -0.25) is 0 Å². The van der Waals surface area contributed by atoms with Crippen LogP contribution in [0.4, 0.5) is 11.4 Å². The molecular weight excluding hydrogens is 294 g/mol. The second kappa shape index (κ2) is 5.77. The van der Waals surface area contributed by atoms with E-state index in [1.807, 2.05) is 25.1 Å². The Kier molecular flexibility index (Phi) is 3.81. The van der Waals surface area contributed by atoms with Crippen molar-refractivity contribution in [2.24, 2.45) is 0 Å². The van der Waals surface area contributed by atoms with Gasteiger partial charge < -0.3 is 15.1 Å². The lowest BCUT2D eigenvalue weighted by atomic mass is 10.1. The molecular formula is C17H17N3OS. The summed E-state index contributed by atoms with van der Waals surface area (Å²) >= 11 is 5.37. The summed E-state index contributed by atoms with van der Waals surface area (Å²) in [6, 6.07) is 12.0. The summed E-state index contributed by atoms with van der Waals surface area (Å²) in [6.07, 6.45) is 0. The first-order valence-electron chi connectivity index (χ1n) is 7.03. The minimum absolute atomic E-state index is 0.546. The highest BCUT2D eigenvalue weighted by Gasteiger charge is 2.05. The third-order valence-electron chi connectivity index (χ3n) is 3.23. The number of thiocarbonyl (C=S) groups is 1. The summed E-state index contributed by atoms with van der Waals surface area (Å²) in [6.45, 7) is 5.96. The fourth-order valence-corrected chi connectivity index (χ4v) is 2.70. The van der Waals surface area contributed by atoms with Gasteiger partial charge in [0, 0.05) is 18.3 Å². The largest absolute Gasteiger partial charge is 0.441 e. The molecule has 0 aliphatic rings. The summed E-state index contributed by atoms with van der Waals surface area (Å²) in [5.74, 6) is 0.656. The second-order valence-corrected chi connectivity index (χ2v) is 5.78. The van der Waals surface area contributed by atoms with Crippen LogP contribution in [0.25, 0.3) is 11.1 Å². The predicted molar refractivity (Wildman–Crippen MR) is 94.5 cm³/mol. The maximum atomic E-state index is 5.46. The SMILES string of the molecule is Cc1cc(C)cc(NC(=S)Nc2ccc3oc(C)nc3c2)c1. The van der Waals surface area contributed by atoms with Gasteiger partial charge >= 0.3 is 0 Å². The molecule has 0 saturated carbocycles. The molecule has 112 valence electrons. The zero-order chi connectivity index (χ0) is 15.7. The van der Waals surface area contributed by atoms with Gasteiger partial charge in [0.1, 0.15) is 5.52 Å². The van der Waals surface area contributed by atoms with E-state index in [4.69, 9.17) is 16.6 Å². The number of rotatable bonds is 2. The first kappa shape index (κ1) is 14.5. The molecule has 1 aromatic heterocycles. The van der Waals surface area contributed by atoms with Gasteiger partial charge in [-0.2, -0.15) is 0 Å². The van der Waals surface area contributed by atoms with Crippen LogP contribution in [0, 0.1) is 20.8 Å². The Hall–Kier alpha value is -2.40. The Labute approximate surface area is 134 Å². The number of aromatic nitrogens is 1. The van der Waals surface area contributed by atoms with E-state index in [0.29, 0.717) is 11.0 Å². The molecule has 3 aromatic rings. The number of fused-ring (bicyclic) bond motifs is 1. The molecule has 2 aromatic carbocycles. The van der Waals surface area contributed by atoms with Crippen LogP contribution in [-0.4, -0.2) is 10.1 Å². The van der Waals surface area contributed by atoms with Gasteiger partial charge in [-0.15, -0.1) is 0 Å². The normalized spacial score (nSPS) is 10.7. The summed E-state index contributed by atoms with van der Waals surface area (Å²) in [5.41, 5.74) is 5.85. The Morgan fingerprint density at radius 3 is 2.36 bits per heavy atom. The number of nitrogens with zero attached hydrogens (tertiary/aromatic N) is 1. The smallest absolute Gasteiger partial charge is 0.192 e. The van der Waals surface area contributed by atoms with E-state index >= 15 is 0 Å². The van der Waals surface area contributed by atoms with E-state index in [2.05, 4.69) is 47.7 Å². The second-order valence-electron chi connectivity index (χ2n) is 5.37. The highest BCUT2D eigenvalue weighted by molar-refractivity contribution is 7.80. The van der Waals surface area contributed by atoms with E-state index < -0.39 is 0 Å². The third-order valence-corrected chi connectivity index (χ3v) is 3.44. The number of benzene rings is 2. The number of oxazole rings is 1. The summed E-state index contributed by atoms with van der Waals surface area (Å²) < 4.78 is 5.46. The lowest BCUT2D eigenvalue weighted by Crippen LogP contribution is -2.19. The van der Waals surface area contributed by atoms with Crippen molar-refractivity contribution in [3.63, 3.8) is 0 Å². The maximum Gasteiger partial charge on any atom is 0.192 e. The molecule has 0 unspecified atom stereocenters. The molecule has 0 radical (unpaired) electrons. The third kappa shape index (κ3) is 3.26. The molecule has 4 nitrogen and oxygen atoms in total. The molecule has 3 rings (SSSR count). The monoisotopic (exact) mass is 311 g/mol. The summed E-state index contributed by atoms with van der Waals surface area (Å²) in [5, 5.41) is 6.92. The van der Waals surface area contributed by atoms with E-state index in [1.54, 1.807) is 0 Å². The molecule has 2 N–H and O–H groups in total. The first-order chi connectivity index (χ1) is 10.5. The average molecular weight is 311 g/mol. The van der Waals surface area contributed by atoms with E-state index in [0.717, 1.165) is 22.5 Å². The molecule has 0 fully saturated rings. The molecule has 0 aliphatic carbocycles. The molecule has 22 heavy (non-hydrogen) atoms. The van der Waals surface area contributed by atoms with Gasteiger partial charge in [-0.25, -0.2) is 4.98 Å². The Morgan fingerprint density at radius 1 is 0.955 bits per heavy atom. The molecule has 0 bridgehead atoms. The van der Waals surface area contributed by atoms with Crippen LogP contribution in [0.1, 0.15) is 17.0 Å². The molecule has 1 heterocycles. The van der Waals surface area contributed by atoms with E-state index in [9.17, 15) is 0 Å². The van der Waals surface area contributed by atoms with Crippen molar-refractivity contribution in [2.75, 3.05) is 10.6 Å². The maximum absolute atomic E-state index is 5.46. The fourth-order valence-electron chi connectivity index (χ4n) is 2.46. The minimum atomic E-state index is 0.546. The highest BCUT2D eigenvalue weighted by atomic mass is 32.1. The molecule has 5 heteroatoms. The molecule has 0 atom stereocenters. The minimum Gasteiger partial charge on any atom is -0.441 e. The zero-order valence-electron chi connectivity index (χ0n) is 12.7. The van der Waals surface area contributed by atoms with Crippen molar-refractivity contribution in [3.05, 3.63) is 53.4 Å². The quantitative estimate of drug-likeness (QED) is 0.679. The molecule has 0 amide bonds. The van der Waals surface area contributed by atoms with Crippen molar-refractivity contribution in [3.8, 4) is 0 Å². The number of hydrogen-bond acceptors (Lipinski definition) is 3. The Bertz CT molecular complexity index is 834. The van der Waals surface area contributed by atoms with Crippen LogP contribution in [0.5, 0.6) is 0 Å². The van der Waals surface area contributed by atoms with Gasteiger partial charge in [-0.1, -0.05) is 6.07 Å². The van der Waals surface area contributed by atoms with Gasteiger partial charge in [0.2, 0.25) is 0 Å². The van der Waals surface area contributed by atoms with Crippen LogP contribution in [0.2, 0.25) is 0 Å². The van der Waals surface area contributed by atoms with Crippen molar-refractivity contribution in [1.82, 2.24) is 4.98 Å². The first-order valence-corrected chi connectivity index (χ1v) is 7.44. The standard InChI is InChI=1S/C17H17N3OS/c1-10-6-11(2)8-14(7-10)20-17(22)19-13-4-5-16-15(9-13)18-12(3)21-16/h4-9H,1-3H3,(H2,19,20,22). The zero-order valence-corrected chi connectivity index (χ0v) is 13.5. The van der Waals surface area contributed by atoms with Gasteiger partial charge in [0.05, 0.1) is 0 Å². The number of nitrogens with one attached hydrogen (secondary N) is 2. The van der Waals surface area contributed by atoms with Crippen LogP contribution in [0.15, 0.2) is 40.8 Å². The van der Waals surface area contributed by atoms with Gasteiger partial charge in [0.15, 0.2) is 16.6 Å². The summed E-state index contributed by atoms with van der Waals surface area (Å²) in [7, 11) is 0. The number of aryl methyl sites for hydroxylation is 3. The summed E-state index contributed by atoms with van der Waals surface area (Å²) in [4.78, 5) is 4.32. The fraction of sp³-hybridized carbons (Fsp3) is 0.176. The van der Waals surface area contributed by atoms with Crippen LogP contribution < -0.4 is 10.6 Å². The van der Waals surface area contributed by atoms with Crippen molar-refractivity contribution in [2.45, 2.75) is 20.8 Å². The molecule has 0 aliphatic heterocycles. The predicted octanol–water partition coefficient (Wildman–Crippen LogP) is 4.56. The Balaban J connectivity index is 1.74. The van der Waals surface area contributed by atoms with Crippen molar-refractivity contribution in [1.29, 1.82) is 0 Å². The van der Waals surface area contributed by atoms with Crippen molar-refractivity contribution < 1.29 is 4.42 Å². The number of anilines is 2. The van der Waals surface area contributed by atoms with Gasteiger partial charge in [-0.05, 0) is 67.5 Å². The Morgan fingerprint density at radius 2 is 1.64 bits per heavy atom. The number of hydrogen-bond donors (Lipinski definition) is 2. The topological polar surface area (TPSA) is 50.1 Å². The lowest BCUT2D eigenvalue weighted by molar-refractivity contribution is 0.561.